The van der Waals surface area contributed by atoms with E-state index in [1.54, 1.807) is 6.07 Å². The first-order chi connectivity index (χ1) is 9.13. The van der Waals surface area contributed by atoms with Gasteiger partial charge in [0.25, 0.3) is 5.56 Å². The van der Waals surface area contributed by atoms with Crippen LogP contribution < -0.4 is 5.56 Å². The second kappa shape index (κ2) is 4.65. The van der Waals surface area contributed by atoms with E-state index in [0.717, 1.165) is 17.2 Å². The van der Waals surface area contributed by atoms with Crippen molar-refractivity contribution in [2.24, 2.45) is 0 Å². The average molecular weight is 254 g/mol. The Kier molecular flexibility index (Phi) is 2.97. The molecule has 0 aliphatic heterocycles. The highest BCUT2D eigenvalue weighted by Gasteiger charge is 2.23. The molecule has 98 valence electrons. The van der Waals surface area contributed by atoms with Crippen molar-refractivity contribution in [2.75, 3.05) is 0 Å². The largest absolute Gasteiger partial charge is 0.307 e. The molecule has 0 spiro atoms. The zero-order chi connectivity index (χ0) is 13.4. The highest BCUT2D eigenvalue weighted by atomic mass is 16.1. The van der Waals surface area contributed by atoms with Gasteiger partial charge in [0.15, 0.2) is 0 Å². The normalized spacial score (nSPS) is 14.9. The van der Waals surface area contributed by atoms with Crippen molar-refractivity contribution in [2.45, 2.75) is 38.5 Å². The molecule has 3 heteroatoms. The minimum Gasteiger partial charge on any atom is -0.307 e. The van der Waals surface area contributed by atoms with Crippen LogP contribution in [0.15, 0.2) is 35.1 Å². The summed E-state index contributed by atoms with van der Waals surface area (Å²) in [5.74, 6) is 1.67. The molecule has 3 rings (SSSR count). The number of hydrogen-bond donors (Lipinski definition) is 1. The lowest BCUT2D eigenvalue weighted by Crippen LogP contribution is -2.11. The van der Waals surface area contributed by atoms with E-state index in [9.17, 15) is 4.79 Å². The third kappa shape index (κ3) is 2.60. The van der Waals surface area contributed by atoms with E-state index < -0.39 is 0 Å². The highest BCUT2D eigenvalue weighted by molar-refractivity contribution is 5.55. The van der Waals surface area contributed by atoms with E-state index in [1.165, 1.54) is 18.4 Å². The molecule has 0 bridgehead atoms. The molecule has 0 radical (unpaired) electrons. The molecule has 0 saturated heterocycles. The summed E-state index contributed by atoms with van der Waals surface area (Å²) in [6.45, 7) is 4.09. The Morgan fingerprint density at radius 2 is 1.89 bits per heavy atom. The Labute approximate surface area is 112 Å². The van der Waals surface area contributed by atoms with Gasteiger partial charge in [0, 0.05) is 11.6 Å². The molecule has 1 aromatic carbocycles. The summed E-state index contributed by atoms with van der Waals surface area (Å²) in [5, 5.41) is 0. The number of benzene rings is 1. The molecule has 1 saturated carbocycles. The lowest BCUT2D eigenvalue weighted by molar-refractivity contribution is 0.812. The molecule has 0 unspecified atom stereocenters. The monoisotopic (exact) mass is 254 g/mol. The Balaban J connectivity index is 1.98. The maximum absolute atomic E-state index is 11.7. The van der Waals surface area contributed by atoms with Crippen LogP contribution in [0.2, 0.25) is 0 Å². The number of hydrogen-bond acceptors (Lipinski definition) is 2. The predicted molar refractivity (Wildman–Crippen MR) is 76.4 cm³/mol. The van der Waals surface area contributed by atoms with Crippen molar-refractivity contribution < 1.29 is 0 Å². The number of nitrogens with one attached hydrogen (secondary N) is 1. The maximum atomic E-state index is 11.7. The van der Waals surface area contributed by atoms with Crippen LogP contribution in [0.4, 0.5) is 0 Å². The SMILES string of the molecule is CC(C)c1cc(=O)[nH]c(-c2ccc(C3CC3)cc2)n1. The van der Waals surface area contributed by atoms with Crippen LogP contribution in [0.1, 0.15) is 49.8 Å². The van der Waals surface area contributed by atoms with Gasteiger partial charge in [0.05, 0.1) is 5.69 Å². The molecule has 1 heterocycles. The molecule has 1 aliphatic rings. The Bertz CT molecular complexity index is 637. The van der Waals surface area contributed by atoms with Gasteiger partial charge in [-0.15, -0.1) is 0 Å². The maximum Gasteiger partial charge on any atom is 0.251 e. The van der Waals surface area contributed by atoms with Gasteiger partial charge in [-0.3, -0.25) is 4.79 Å². The van der Waals surface area contributed by atoms with Crippen molar-refractivity contribution in [1.82, 2.24) is 9.97 Å². The van der Waals surface area contributed by atoms with E-state index in [-0.39, 0.29) is 11.5 Å². The summed E-state index contributed by atoms with van der Waals surface area (Å²) >= 11 is 0. The van der Waals surface area contributed by atoms with Crippen LogP contribution in [-0.2, 0) is 0 Å². The van der Waals surface area contributed by atoms with E-state index in [1.807, 2.05) is 13.8 Å². The fourth-order valence-corrected chi connectivity index (χ4v) is 2.24. The molecule has 1 aliphatic carbocycles. The number of rotatable bonds is 3. The molecule has 19 heavy (non-hydrogen) atoms. The molecule has 1 fully saturated rings. The third-order valence-electron chi connectivity index (χ3n) is 3.59. The van der Waals surface area contributed by atoms with Crippen LogP contribution in [0.25, 0.3) is 11.4 Å². The molecule has 0 amide bonds. The van der Waals surface area contributed by atoms with Gasteiger partial charge < -0.3 is 4.98 Å². The van der Waals surface area contributed by atoms with Crippen molar-refractivity contribution in [3.63, 3.8) is 0 Å². The lowest BCUT2D eigenvalue weighted by atomic mass is 10.1. The molecular weight excluding hydrogens is 236 g/mol. The standard InChI is InChI=1S/C16H18N2O/c1-10(2)14-9-15(19)18-16(17-14)13-7-5-12(6-8-13)11-3-4-11/h5-11H,3-4H2,1-2H3,(H,17,18,19). The van der Waals surface area contributed by atoms with Crippen LogP contribution in [0.3, 0.4) is 0 Å². The first-order valence-corrected chi connectivity index (χ1v) is 6.85. The van der Waals surface area contributed by atoms with E-state index >= 15 is 0 Å². The fraction of sp³-hybridized carbons (Fsp3) is 0.375. The van der Waals surface area contributed by atoms with Crippen molar-refractivity contribution in [3.05, 3.63) is 51.9 Å². The number of H-pyrrole nitrogens is 1. The van der Waals surface area contributed by atoms with Crippen LogP contribution >= 0.6 is 0 Å². The summed E-state index contributed by atoms with van der Waals surface area (Å²) in [6.07, 6.45) is 2.61. The number of aromatic nitrogens is 2. The van der Waals surface area contributed by atoms with Crippen molar-refractivity contribution >= 4 is 0 Å². The molecule has 1 aromatic heterocycles. The zero-order valence-corrected chi connectivity index (χ0v) is 11.3. The minimum atomic E-state index is -0.0834. The smallest absolute Gasteiger partial charge is 0.251 e. The van der Waals surface area contributed by atoms with Gasteiger partial charge >= 0.3 is 0 Å². The van der Waals surface area contributed by atoms with Gasteiger partial charge in [0.1, 0.15) is 5.82 Å². The summed E-state index contributed by atoms with van der Waals surface area (Å²) in [6, 6.07) is 9.98. The van der Waals surface area contributed by atoms with E-state index in [0.29, 0.717) is 5.82 Å². The first kappa shape index (κ1) is 12.2. The molecule has 2 aromatic rings. The van der Waals surface area contributed by atoms with Crippen molar-refractivity contribution in [1.29, 1.82) is 0 Å². The van der Waals surface area contributed by atoms with Crippen LogP contribution in [-0.4, -0.2) is 9.97 Å². The minimum absolute atomic E-state index is 0.0834. The van der Waals surface area contributed by atoms with Gasteiger partial charge in [0.2, 0.25) is 0 Å². The first-order valence-electron chi connectivity index (χ1n) is 6.85. The lowest BCUT2D eigenvalue weighted by Gasteiger charge is -2.07. The number of nitrogens with zero attached hydrogens (tertiary/aromatic N) is 1. The van der Waals surface area contributed by atoms with Crippen molar-refractivity contribution in [3.8, 4) is 11.4 Å². The van der Waals surface area contributed by atoms with Gasteiger partial charge in [-0.05, 0) is 30.2 Å². The van der Waals surface area contributed by atoms with E-state index in [4.69, 9.17) is 0 Å². The Morgan fingerprint density at radius 1 is 1.21 bits per heavy atom. The van der Waals surface area contributed by atoms with Crippen LogP contribution in [0, 0.1) is 0 Å². The van der Waals surface area contributed by atoms with Gasteiger partial charge in [-0.25, -0.2) is 4.98 Å². The zero-order valence-electron chi connectivity index (χ0n) is 11.3. The summed E-state index contributed by atoms with van der Waals surface area (Å²) in [7, 11) is 0. The Hall–Kier alpha value is -1.90. The predicted octanol–water partition coefficient (Wildman–Crippen LogP) is 3.44. The Morgan fingerprint density at radius 3 is 2.47 bits per heavy atom. The molecular formula is C16H18N2O. The van der Waals surface area contributed by atoms with Crippen LogP contribution in [0.5, 0.6) is 0 Å². The average Bonchev–Trinajstić information content (AvgIpc) is 3.22. The second-order valence-electron chi connectivity index (χ2n) is 5.57. The van der Waals surface area contributed by atoms with Gasteiger partial charge in [-0.2, -0.15) is 0 Å². The third-order valence-corrected chi connectivity index (χ3v) is 3.59. The summed E-state index contributed by atoms with van der Waals surface area (Å²) in [4.78, 5) is 19.0. The molecule has 0 atom stereocenters. The summed E-state index contributed by atoms with van der Waals surface area (Å²) in [5.41, 5.74) is 3.13. The number of aromatic amines is 1. The molecule has 3 nitrogen and oxygen atoms in total. The quantitative estimate of drug-likeness (QED) is 0.912. The van der Waals surface area contributed by atoms with Gasteiger partial charge in [-0.1, -0.05) is 38.1 Å². The topological polar surface area (TPSA) is 45.8 Å². The molecule has 1 N–H and O–H groups in total. The highest BCUT2D eigenvalue weighted by Crippen LogP contribution is 2.40. The fourth-order valence-electron chi connectivity index (χ4n) is 2.24. The van der Waals surface area contributed by atoms with E-state index in [2.05, 4.69) is 34.2 Å². The second-order valence-corrected chi connectivity index (χ2v) is 5.57. The summed E-state index contributed by atoms with van der Waals surface area (Å²) < 4.78 is 0.